The monoisotopic (exact) mass is 244 g/mol. The molecule has 0 aliphatic heterocycles. The van der Waals surface area contributed by atoms with Crippen molar-refractivity contribution in [2.45, 2.75) is 25.0 Å². The fourth-order valence-corrected chi connectivity index (χ4v) is 1.73. The number of nitrogens with zero attached hydrogens (tertiary/aromatic N) is 3. The molecule has 0 bridgehead atoms. The Balaban J connectivity index is 2.19. The number of nitro groups is 1. The summed E-state index contributed by atoms with van der Waals surface area (Å²) in [5.41, 5.74) is -0.328. The molecular weight excluding hydrogens is 236 g/mol. The fraction of sp³-hybridized carbons (Fsp3) is 0.500. The number of rotatable bonds is 3. The first-order chi connectivity index (χ1) is 7.58. The largest absolute Gasteiger partial charge is 0.393 e. The molecule has 1 aliphatic carbocycles. The minimum absolute atomic E-state index is 0.000309. The van der Waals surface area contributed by atoms with Crippen LogP contribution in [0.4, 0.5) is 11.5 Å². The molecule has 1 aromatic rings. The van der Waals surface area contributed by atoms with Crippen LogP contribution in [0.5, 0.6) is 0 Å². The summed E-state index contributed by atoms with van der Waals surface area (Å²) in [6.07, 6.45) is 1.93. The normalized spacial score (nSPS) is 23.6. The molecule has 0 unspecified atom stereocenters. The van der Waals surface area contributed by atoms with E-state index in [4.69, 9.17) is 16.7 Å². The molecule has 2 rings (SSSR count). The van der Waals surface area contributed by atoms with Crippen LogP contribution in [-0.2, 0) is 0 Å². The van der Waals surface area contributed by atoms with Crippen molar-refractivity contribution in [3.63, 3.8) is 0 Å². The van der Waals surface area contributed by atoms with Gasteiger partial charge in [-0.2, -0.15) is 0 Å². The van der Waals surface area contributed by atoms with E-state index in [1.54, 1.807) is 0 Å². The van der Waals surface area contributed by atoms with Crippen molar-refractivity contribution in [2.24, 2.45) is 0 Å². The van der Waals surface area contributed by atoms with E-state index >= 15 is 0 Å². The van der Waals surface area contributed by atoms with Crippen LogP contribution in [0.2, 0.25) is 5.15 Å². The maximum atomic E-state index is 10.7. The van der Waals surface area contributed by atoms with Crippen molar-refractivity contribution >= 4 is 23.1 Å². The van der Waals surface area contributed by atoms with Crippen molar-refractivity contribution < 1.29 is 10.0 Å². The molecule has 1 saturated carbocycles. The lowest BCUT2D eigenvalue weighted by molar-refractivity contribution is -0.384. The molecule has 1 aromatic heterocycles. The fourth-order valence-electron chi connectivity index (χ4n) is 1.52. The Kier molecular flexibility index (Phi) is 2.88. The van der Waals surface area contributed by atoms with Crippen molar-refractivity contribution in [1.29, 1.82) is 0 Å². The average molecular weight is 245 g/mol. The minimum Gasteiger partial charge on any atom is -0.393 e. The predicted octanol–water partition coefficient (Wildman–Crippen LogP) is 0.973. The summed E-state index contributed by atoms with van der Waals surface area (Å²) in [6.45, 7) is 0. The number of hydrogen-bond acceptors (Lipinski definition) is 6. The van der Waals surface area contributed by atoms with Gasteiger partial charge in [0, 0.05) is 6.04 Å². The van der Waals surface area contributed by atoms with Crippen molar-refractivity contribution in [3.8, 4) is 0 Å². The number of hydrogen-bond donors (Lipinski definition) is 2. The highest BCUT2D eigenvalue weighted by atomic mass is 35.5. The Morgan fingerprint density at radius 1 is 1.56 bits per heavy atom. The van der Waals surface area contributed by atoms with E-state index in [0.717, 1.165) is 6.33 Å². The molecule has 7 nitrogen and oxygen atoms in total. The summed E-state index contributed by atoms with van der Waals surface area (Å²) < 4.78 is 0. The molecule has 0 amide bonds. The Bertz CT molecular complexity index is 422. The second-order valence-corrected chi connectivity index (χ2v) is 3.94. The van der Waals surface area contributed by atoms with Gasteiger partial charge in [0.15, 0.2) is 0 Å². The zero-order valence-electron chi connectivity index (χ0n) is 8.13. The summed E-state index contributed by atoms with van der Waals surface area (Å²) in [6, 6.07) is -0.000309. The smallest absolute Gasteiger partial charge is 0.348 e. The van der Waals surface area contributed by atoms with E-state index in [-0.39, 0.29) is 28.8 Å². The molecule has 1 fully saturated rings. The molecule has 0 atom stereocenters. The molecule has 1 heterocycles. The van der Waals surface area contributed by atoms with E-state index in [1.165, 1.54) is 0 Å². The van der Waals surface area contributed by atoms with E-state index in [0.29, 0.717) is 12.8 Å². The Morgan fingerprint density at radius 2 is 2.25 bits per heavy atom. The number of halogens is 1. The van der Waals surface area contributed by atoms with Gasteiger partial charge in [-0.05, 0) is 12.8 Å². The van der Waals surface area contributed by atoms with Crippen LogP contribution < -0.4 is 5.32 Å². The number of aromatic nitrogens is 2. The van der Waals surface area contributed by atoms with E-state index in [2.05, 4.69) is 15.3 Å². The van der Waals surface area contributed by atoms with Gasteiger partial charge in [-0.15, -0.1) is 0 Å². The van der Waals surface area contributed by atoms with Crippen molar-refractivity contribution in [1.82, 2.24) is 9.97 Å². The van der Waals surface area contributed by atoms with Gasteiger partial charge in [0.05, 0.1) is 11.0 Å². The zero-order valence-corrected chi connectivity index (χ0v) is 8.89. The first-order valence-corrected chi connectivity index (χ1v) is 5.05. The van der Waals surface area contributed by atoms with Crippen LogP contribution >= 0.6 is 11.6 Å². The summed E-state index contributed by atoms with van der Waals surface area (Å²) in [7, 11) is 0. The number of anilines is 1. The van der Waals surface area contributed by atoms with Crippen LogP contribution in [-0.4, -0.2) is 32.1 Å². The van der Waals surface area contributed by atoms with Crippen LogP contribution in [0.25, 0.3) is 0 Å². The average Bonchev–Trinajstić information content (AvgIpc) is 2.14. The van der Waals surface area contributed by atoms with E-state index in [1.807, 2.05) is 0 Å². The molecule has 8 heteroatoms. The predicted molar refractivity (Wildman–Crippen MR) is 56.3 cm³/mol. The molecule has 86 valence electrons. The summed E-state index contributed by atoms with van der Waals surface area (Å²) >= 11 is 5.62. The van der Waals surface area contributed by atoms with Gasteiger partial charge in [0.2, 0.25) is 11.0 Å². The van der Waals surface area contributed by atoms with E-state index in [9.17, 15) is 10.1 Å². The highest BCUT2D eigenvalue weighted by Gasteiger charge is 2.30. The lowest BCUT2D eigenvalue weighted by atomic mass is 9.89. The second-order valence-electron chi connectivity index (χ2n) is 3.59. The van der Waals surface area contributed by atoms with Gasteiger partial charge in [0.1, 0.15) is 6.33 Å². The van der Waals surface area contributed by atoms with Crippen LogP contribution in [0, 0.1) is 10.1 Å². The van der Waals surface area contributed by atoms with Gasteiger partial charge in [-0.1, -0.05) is 11.6 Å². The molecule has 0 saturated heterocycles. The standard InChI is InChI=1S/C8H9ClN4O3/c9-7-6(13(15)16)8(11-3-10-7)12-4-1-5(14)2-4/h3-5,14H,1-2H2,(H,10,11,12). The Hall–Kier alpha value is -1.47. The van der Waals surface area contributed by atoms with Crippen molar-refractivity contribution in [2.75, 3.05) is 5.32 Å². The second kappa shape index (κ2) is 4.18. The zero-order chi connectivity index (χ0) is 11.7. The van der Waals surface area contributed by atoms with Gasteiger partial charge < -0.3 is 10.4 Å². The lowest BCUT2D eigenvalue weighted by Crippen LogP contribution is -2.39. The lowest BCUT2D eigenvalue weighted by Gasteiger charge is -2.32. The van der Waals surface area contributed by atoms with Gasteiger partial charge >= 0.3 is 5.69 Å². The third kappa shape index (κ3) is 2.05. The molecule has 2 N–H and O–H groups in total. The SMILES string of the molecule is O=[N+]([O-])c1c(Cl)ncnc1NC1CC(O)C1. The Morgan fingerprint density at radius 3 is 2.81 bits per heavy atom. The van der Waals surface area contributed by atoms with Gasteiger partial charge in [-0.25, -0.2) is 9.97 Å². The molecule has 0 aromatic carbocycles. The molecule has 0 spiro atoms. The van der Waals surface area contributed by atoms with Crippen molar-refractivity contribution in [3.05, 3.63) is 21.6 Å². The quantitative estimate of drug-likeness (QED) is 0.467. The maximum Gasteiger partial charge on any atom is 0.348 e. The highest BCUT2D eigenvalue weighted by molar-refractivity contribution is 6.31. The number of aliphatic hydroxyl groups excluding tert-OH is 1. The highest BCUT2D eigenvalue weighted by Crippen LogP contribution is 2.31. The van der Waals surface area contributed by atoms with Gasteiger partial charge in [0.25, 0.3) is 0 Å². The molecule has 0 radical (unpaired) electrons. The third-order valence-corrected chi connectivity index (χ3v) is 2.69. The topological polar surface area (TPSA) is 101 Å². The van der Waals surface area contributed by atoms with E-state index < -0.39 is 4.92 Å². The van der Waals surface area contributed by atoms with Crippen LogP contribution in [0.15, 0.2) is 6.33 Å². The number of aliphatic hydroxyl groups is 1. The minimum atomic E-state index is -0.625. The summed E-state index contributed by atoms with van der Waals surface area (Å²) in [4.78, 5) is 17.4. The van der Waals surface area contributed by atoms with Crippen LogP contribution in [0.3, 0.4) is 0 Å². The molecule has 16 heavy (non-hydrogen) atoms. The summed E-state index contributed by atoms with van der Waals surface area (Å²) in [5, 5.41) is 22.5. The third-order valence-electron chi connectivity index (χ3n) is 2.41. The first-order valence-electron chi connectivity index (χ1n) is 4.67. The van der Waals surface area contributed by atoms with Gasteiger partial charge in [-0.3, -0.25) is 10.1 Å². The Labute approximate surface area is 95.6 Å². The number of nitrogens with one attached hydrogen (secondary N) is 1. The maximum absolute atomic E-state index is 10.7. The molecule has 1 aliphatic rings. The molecular formula is C8H9ClN4O3. The summed E-state index contributed by atoms with van der Waals surface area (Å²) in [5.74, 6) is 0.0990. The van der Waals surface area contributed by atoms with Crippen LogP contribution in [0.1, 0.15) is 12.8 Å². The first kappa shape index (κ1) is 11.0.